The third-order valence-electron chi connectivity index (χ3n) is 9.31. The average molecular weight is 765 g/mol. The smallest absolute Gasteiger partial charge is 0.308 e. The van der Waals surface area contributed by atoms with Gasteiger partial charge in [-0.15, -0.1) is 0 Å². The first kappa shape index (κ1) is 38.7. The first-order valence-corrected chi connectivity index (χ1v) is 17.7. The van der Waals surface area contributed by atoms with Gasteiger partial charge in [0.15, 0.2) is 6.79 Å². The van der Waals surface area contributed by atoms with Crippen molar-refractivity contribution in [3.8, 4) is 0 Å². The molecule has 6 rings (SSSR count). The molecule has 0 saturated carbocycles. The Labute approximate surface area is 312 Å². The van der Waals surface area contributed by atoms with Gasteiger partial charge in [0.1, 0.15) is 0 Å². The first-order valence-electron chi connectivity index (χ1n) is 16.7. The van der Waals surface area contributed by atoms with Gasteiger partial charge in [0.25, 0.3) is 0 Å². The molecule has 0 radical (unpaired) electrons. The minimum Gasteiger partial charge on any atom is -0.481 e. The number of ether oxygens (including phenoxy) is 1. The van der Waals surface area contributed by atoms with Gasteiger partial charge >= 0.3 is 269 Å². The Morgan fingerprint density at radius 3 is 1.98 bits per heavy atom. The topological polar surface area (TPSA) is 193 Å². The number of esters is 1. The van der Waals surface area contributed by atoms with Gasteiger partial charge in [-0.05, 0) is 0 Å². The number of allylic oxidation sites excluding steroid dienone is 4. The van der Waals surface area contributed by atoms with E-state index in [-0.39, 0.29) is 25.7 Å². The second kappa shape index (κ2) is 16.0. The zero-order chi connectivity index (χ0) is 38.7. The summed E-state index contributed by atoms with van der Waals surface area (Å²) in [5.74, 6) is -3.50. The molecule has 0 amide bonds. The number of carboxylic acid groups (broad SMARTS) is 3. The predicted octanol–water partition coefficient (Wildman–Crippen LogP) is 4.08. The maximum atomic E-state index is 11.8. The maximum Gasteiger partial charge on any atom is 0.308 e. The molecule has 6 heterocycles. The number of aromatic nitrogens is 2. The molecular weight excluding hydrogens is 724 g/mol. The number of aliphatic imine (C=N–C) groups is 2. The number of fused-ring (bicyclic) bond motifs is 2. The van der Waals surface area contributed by atoms with E-state index in [1.165, 1.54) is 0 Å². The molecule has 2 aromatic rings. The van der Waals surface area contributed by atoms with Crippen molar-refractivity contribution in [2.24, 2.45) is 9.98 Å². The number of nitrogens with zero attached hydrogens (tertiary/aromatic N) is 4. The minimum absolute atomic E-state index is 0.0140. The van der Waals surface area contributed by atoms with Crippen LogP contribution in [0.25, 0.3) is 30.4 Å². The quantitative estimate of drug-likeness (QED) is 0.140. The molecule has 4 aliphatic heterocycles. The fourth-order valence-electron chi connectivity index (χ4n) is 6.49. The molecule has 14 heteroatoms. The third kappa shape index (κ3) is 7.80. The molecule has 0 aromatic carbocycles. The molecule has 0 atom stereocenters. The summed E-state index contributed by atoms with van der Waals surface area (Å²) in [7, 11) is 0. The molecule has 0 spiro atoms. The number of hydrogen-bond acceptors (Lipinski definition) is 8. The molecule has 4 N–H and O–H groups in total. The molecule has 278 valence electrons. The molecule has 6 bridgehead atoms. The fourth-order valence-corrected chi connectivity index (χ4v) is 8.12. The summed E-state index contributed by atoms with van der Waals surface area (Å²) in [6.45, 7) is 15.7. The Hall–Kier alpha value is -5.56. The van der Waals surface area contributed by atoms with Gasteiger partial charge in [-0.3, -0.25) is 9.59 Å². The number of aliphatic carboxylic acids is 3. The molecule has 13 nitrogen and oxygen atoms in total. The minimum atomic E-state index is -1.06. The van der Waals surface area contributed by atoms with Crippen molar-refractivity contribution in [2.45, 2.75) is 66.2 Å². The SMILES string of the molecule is C=CC1=C(C)C2=NC/1=C\c1c(C)c(C=C)c3[n]1[Fe][n]1/c(c(C)c(CCC(=O)O)/c1=C/C1=NC(=C\3)/C(C)=C1CCC(=O)O)=C\2.O=C(O)CCC(=O)OCO. The Morgan fingerprint density at radius 1 is 0.736 bits per heavy atom. The van der Waals surface area contributed by atoms with Crippen LogP contribution in [0.2, 0.25) is 0 Å². The van der Waals surface area contributed by atoms with Crippen LogP contribution >= 0.6 is 0 Å². The second-order valence-corrected chi connectivity index (χ2v) is 13.7. The van der Waals surface area contributed by atoms with E-state index in [1.807, 2.05) is 39.0 Å². The normalized spacial score (nSPS) is 18.5. The Kier molecular flexibility index (Phi) is 11.7. The van der Waals surface area contributed by atoms with Crippen molar-refractivity contribution < 1.29 is 59.7 Å². The largest absolute Gasteiger partial charge is 0.481 e. The zero-order valence-electron chi connectivity index (χ0n) is 29.8. The van der Waals surface area contributed by atoms with E-state index in [0.717, 1.165) is 83.7 Å². The fraction of sp³-hybridized carbons (Fsp3) is 0.282. The summed E-state index contributed by atoms with van der Waals surface area (Å²) in [6, 6.07) is 0. The van der Waals surface area contributed by atoms with Crippen LogP contribution < -0.4 is 10.7 Å². The number of carbonyl (C=O) groups is 4. The monoisotopic (exact) mass is 764 g/mol. The molecule has 0 unspecified atom stereocenters. The van der Waals surface area contributed by atoms with Gasteiger partial charge in [-0.25, -0.2) is 0 Å². The van der Waals surface area contributed by atoms with E-state index in [0.29, 0.717) is 33.9 Å². The molecule has 53 heavy (non-hydrogen) atoms. The number of aliphatic hydroxyl groups excluding tert-OH is 1. The Bertz CT molecular complexity index is 2310. The van der Waals surface area contributed by atoms with E-state index in [9.17, 15) is 29.4 Å². The van der Waals surface area contributed by atoms with E-state index in [4.69, 9.17) is 20.2 Å². The molecule has 0 saturated heterocycles. The van der Waals surface area contributed by atoms with Crippen molar-refractivity contribution in [1.29, 1.82) is 0 Å². The molecule has 2 aromatic heterocycles. The van der Waals surface area contributed by atoms with Gasteiger partial charge < -0.3 is 14.9 Å². The summed E-state index contributed by atoms with van der Waals surface area (Å²) in [5, 5.41) is 37.0. The van der Waals surface area contributed by atoms with Crippen molar-refractivity contribution in [1.82, 2.24) is 7.17 Å². The van der Waals surface area contributed by atoms with Crippen molar-refractivity contribution in [3.63, 3.8) is 0 Å². The number of carbonyl (C=O) groups excluding carboxylic acids is 1. The van der Waals surface area contributed by atoms with Crippen LogP contribution in [0.15, 0.2) is 62.9 Å². The van der Waals surface area contributed by atoms with Crippen molar-refractivity contribution >= 4 is 65.7 Å². The average Bonchev–Trinajstić information content (AvgIpc) is 3.73. The molecule has 4 aliphatic rings. The number of aliphatic hydroxyl groups is 1. The van der Waals surface area contributed by atoms with Crippen molar-refractivity contribution in [3.05, 3.63) is 97.3 Å². The summed E-state index contributed by atoms with van der Waals surface area (Å²) >= 11 is 0.463. The predicted molar refractivity (Wildman–Crippen MR) is 197 cm³/mol. The first-order chi connectivity index (χ1) is 25.2. The van der Waals surface area contributed by atoms with E-state index in [1.54, 1.807) is 0 Å². The second-order valence-electron chi connectivity index (χ2n) is 12.5. The third-order valence-corrected chi connectivity index (χ3v) is 10.8. The standard InChI is InChI=1S/C34H34N4O4.C5H8O5.Fe/c1-7-21-17(3)25-13-26-19(5)23(9-11-33(39)40)31(37-26)16-32-24(10-12-34(41)42)20(6)28(38-32)15-30-22(8-2)18(4)27(36-30)14-29(21)35-25;6-3-10-5(9)2-1-4(7)8;/h7-8,13-16H,1-2,9-12H2,3-6H3,(H4,35,36,37,38,39,40,41,42);6H,1-3H2,(H,7,8);/q;;+2/p-2/b25-13?,26-13-,27-14?,28-15-,29-14-,30-15?,31-16-,32-16?;;. The van der Waals surface area contributed by atoms with Gasteiger partial charge in [0.2, 0.25) is 0 Å². The van der Waals surface area contributed by atoms with Crippen LogP contribution in [0.5, 0.6) is 0 Å². The number of hydrogen-bond donors (Lipinski definition) is 4. The van der Waals surface area contributed by atoms with Crippen LogP contribution in [0, 0.1) is 13.8 Å². The zero-order valence-corrected chi connectivity index (χ0v) is 30.9. The van der Waals surface area contributed by atoms with Crippen LogP contribution in [0.3, 0.4) is 0 Å². The van der Waals surface area contributed by atoms with Gasteiger partial charge in [-0.2, -0.15) is 0 Å². The number of rotatable bonds is 12. The summed E-state index contributed by atoms with van der Waals surface area (Å²) < 4.78 is 8.51. The maximum absolute atomic E-state index is 11.8. The van der Waals surface area contributed by atoms with Crippen LogP contribution in [-0.4, -0.2) is 69.7 Å². The molecule has 0 fully saturated rings. The molecule has 0 aliphatic carbocycles. The Balaban J connectivity index is 0.000000476. The van der Waals surface area contributed by atoms with Gasteiger partial charge in [-0.1, -0.05) is 0 Å². The summed E-state index contributed by atoms with van der Waals surface area (Å²) in [4.78, 5) is 53.6. The number of carboxylic acids is 3. The van der Waals surface area contributed by atoms with Crippen LogP contribution in [-0.2, 0) is 45.7 Å². The Morgan fingerprint density at radius 2 is 1.36 bits per heavy atom. The van der Waals surface area contributed by atoms with Gasteiger partial charge in [0.05, 0.1) is 12.8 Å². The van der Waals surface area contributed by atoms with Crippen LogP contribution in [0.4, 0.5) is 0 Å². The molecular formula is C39H40FeN4O9. The van der Waals surface area contributed by atoms with Crippen LogP contribution in [0.1, 0.15) is 79.6 Å². The van der Waals surface area contributed by atoms with Gasteiger partial charge in [0, 0.05) is 0 Å². The van der Waals surface area contributed by atoms with Crippen molar-refractivity contribution in [2.75, 3.05) is 6.79 Å². The van der Waals surface area contributed by atoms with E-state index < -0.39 is 30.7 Å². The van der Waals surface area contributed by atoms with E-state index in [2.05, 4.69) is 50.2 Å². The summed E-state index contributed by atoms with van der Waals surface area (Å²) in [5.41, 5.74) is 12.9. The summed E-state index contributed by atoms with van der Waals surface area (Å²) in [6.07, 6.45) is 12.2. The van der Waals surface area contributed by atoms with E-state index >= 15 is 0 Å².